The average molecular weight is 475 g/mol. The molecule has 0 atom stereocenters. The van der Waals surface area contributed by atoms with Gasteiger partial charge in [0, 0.05) is 21.1 Å². The first kappa shape index (κ1) is 21.3. The predicted molar refractivity (Wildman–Crippen MR) is 93.4 cm³/mol. The van der Waals surface area contributed by atoms with Crippen LogP contribution >= 0.6 is 0 Å². The fraction of sp³-hybridized carbons (Fsp3) is 0.684. The zero-order valence-corrected chi connectivity index (χ0v) is 18.9. The van der Waals surface area contributed by atoms with Gasteiger partial charge in [0.05, 0.1) is 0 Å². The molecule has 0 fully saturated rings. The van der Waals surface area contributed by atoms with Crippen LogP contribution in [-0.2, 0) is 44.5 Å². The van der Waals surface area contributed by atoms with E-state index in [1.54, 1.807) is 0 Å². The van der Waals surface area contributed by atoms with E-state index >= 15 is 0 Å². The van der Waals surface area contributed by atoms with Crippen LogP contribution in [-0.4, -0.2) is 4.75 Å². The summed E-state index contributed by atoms with van der Waals surface area (Å²) >= 11 is 5.67. The second kappa shape index (κ2) is 6.40. The van der Waals surface area contributed by atoms with Crippen molar-refractivity contribution in [3.05, 3.63) is 35.4 Å². The second-order valence-electron chi connectivity index (χ2n) is 8.59. The number of hydrogen-bond donors (Lipinski definition) is 0. The Labute approximate surface area is 152 Å². The Morgan fingerprint density at radius 3 is 1.14 bits per heavy atom. The van der Waals surface area contributed by atoms with E-state index in [9.17, 15) is 0 Å². The summed E-state index contributed by atoms with van der Waals surface area (Å²) in [5.41, 5.74) is 3.10. The Balaban J connectivity index is 0.00000400. The topological polar surface area (TPSA) is 0 Å². The molecule has 21 heavy (non-hydrogen) atoms. The molecule has 1 rings (SSSR count). The maximum Gasteiger partial charge on any atom is 0 e. The number of hydrogen-bond acceptors (Lipinski definition) is 1. The summed E-state index contributed by atoms with van der Waals surface area (Å²) in [6.45, 7) is 20.3. The summed E-state index contributed by atoms with van der Waals surface area (Å²) in [6.07, 6.45) is 0. The van der Waals surface area contributed by atoms with Gasteiger partial charge >= 0.3 is 0 Å². The third kappa shape index (κ3) is 4.17. The van der Waals surface area contributed by atoms with Crippen LogP contribution in [0.4, 0.5) is 0 Å². The van der Waals surface area contributed by atoms with E-state index in [2.05, 4.69) is 86.6 Å². The zero-order chi connectivity index (χ0) is 16.0. The summed E-state index contributed by atoms with van der Waals surface area (Å²) in [5, 5.41) is 0. The van der Waals surface area contributed by atoms with E-state index < -0.39 is 0 Å². The molecule has 1 aromatic carbocycles. The maximum absolute atomic E-state index is 5.67. The minimum atomic E-state index is -0.159. The van der Waals surface area contributed by atoms with Gasteiger partial charge in [0.15, 0.2) is 0 Å². The van der Waals surface area contributed by atoms with Crippen LogP contribution in [0.25, 0.3) is 0 Å². The largest absolute Gasteiger partial charge is 0.786 e. The third-order valence-corrected chi connectivity index (χ3v) is 6.22. The molecule has 0 heterocycles. The van der Waals surface area contributed by atoms with Gasteiger partial charge < -0.3 is 12.6 Å². The summed E-state index contributed by atoms with van der Waals surface area (Å²) < 4.78 is -0.159. The van der Waals surface area contributed by atoms with Crippen LogP contribution in [0.2, 0.25) is 0 Å². The van der Waals surface area contributed by atoms with Gasteiger partial charge in [0.25, 0.3) is 0 Å². The molecule has 0 bridgehead atoms. The minimum absolute atomic E-state index is 0. The molecule has 0 N–H and O–H groups in total. The van der Waals surface area contributed by atoms with E-state index in [0.717, 1.165) is 0 Å². The smallest absolute Gasteiger partial charge is 0 e. The van der Waals surface area contributed by atoms with Crippen LogP contribution in [0.5, 0.6) is 0 Å². The Morgan fingerprint density at radius 2 is 0.905 bits per heavy atom. The van der Waals surface area contributed by atoms with Crippen molar-refractivity contribution in [1.82, 2.24) is 0 Å². The first-order valence-corrected chi connectivity index (χ1v) is 7.93. The molecule has 2 heteroatoms. The van der Waals surface area contributed by atoms with Gasteiger partial charge in [0.2, 0.25) is 0 Å². The van der Waals surface area contributed by atoms with Crippen molar-refractivity contribution >= 4 is 12.6 Å². The Hall–Kier alpha value is 0.258. The minimum Gasteiger partial charge on any atom is -0.786 e. The predicted octanol–water partition coefficient (Wildman–Crippen LogP) is 5.61. The molecule has 0 radical (unpaired) electrons. The molecule has 0 unspecified atom stereocenters. The van der Waals surface area contributed by atoms with Crippen molar-refractivity contribution in [1.29, 1.82) is 0 Å². The second-order valence-corrected chi connectivity index (χ2v) is 9.61. The molecule has 0 aliphatic heterocycles. The van der Waals surface area contributed by atoms with E-state index in [-0.39, 0.29) is 42.1 Å². The van der Waals surface area contributed by atoms with Crippen molar-refractivity contribution in [2.45, 2.75) is 77.9 Å². The van der Waals surface area contributed by atoms with E-state index in [1.165, 1.54) is 11.1 Å². The number of rotatable bonds is 3. The summed E-state index contributed by atoms with van der Waals surface area (Å²) in [5.74, 6) is 0. The standard InChI is InChI=1S/C19H32S.W/c1-16(2,3)17(4,5)14-10-12-15(13-11-14)18(6,7)19(8,9)20;/h10-13,20H,1-9H3;/p-1. The molecule has 0 spiro atoms. The van der Waals surface area contributed by atoms with E-state index in [1.807, 2.05) is 0 Å². The quantitative estimate of drug-likeness (QED) is 0.513. The van der Waals surface area contributed by atoms with E-state index in [0.29, 0.717) is 0 Å². The van der Waals surface area contributed by atoms with Gasteiger partial charge in [-0.2, -0.15) is 0 Å². The summed E-state index contributed by atoms with van der Waals surface area (Å²) in [7, 11) is 0. The molecule has 1 aromatic rings. The zero-order valence-electron chi connectivity index (χ0n) is 15.1. The van der Waals surface area contributed by atoms with Crippen LogP contribution in [0.3, 0.4) is 0 Å². The number of benzene rings is 1. The van der Waals surface area contributed by atoms with Gasteiger partial charge in [0.1, 0.15) is 0 Å². The molecule has 0 amide bonds. The van der Waals surface area contributed by atoms with Crippen LogP contribution in [0, 0.1) is 5.41 Å². The average Bonchev–Trinajstić information content (AvgIpc) is 2.26. The molecule has 120 valence electrons. The molecule has 0 saturated heterocycles. The summed E-state index contributed by atoms with van der Waals surface area (Å²) in [4.78, 5) is 0. The Kier molecular flexibility index (Phi) is 6.48. The van der Waals surface area contributed by atoms with Crippen LogP contribution in [0.15, 0.2) is 24.3 Å². The normalized spacial score (nSPS) is 13.8. The van der Waals surface area contributed by atoms with Crippen molar-refractivity contribution < 1.29 is 21.1 Å². The van der Waals surface area contributed by atoms with Crippen molar-refractivity contribution in [2.24, 2.45) is 5.41 Å². The third-order valence-electron chi connectivity index (χ3n) is 5.71. The fourth-order valence-electron chi connectivity index (χ4n) is 2.08. The molecule has 0 nitrogen and oxygen atoms in total. The van der Waals surface area contributed by atoms with Gasteiger partial charge in [-0.1, -0.05) is 86.6 Å². The van der Waals surface area contributed by atoms with Gasteiger partial charge in [-0.3, -0.25) is 0 Å². The molecule has 0 aromatic heterocycles. The van der Waals surface area contributed by atoms with Crippen molar-refractivity contribution in [3.63, 3.8) is 0 Å². The van der Waals surface area contributed by atoms with Gasteiger partial charge in [-0.25, -0.2) is 0 Å². The Bertz CT molecular complexity index is 411. The van der Waals surface area contributed by atoms with Crippen LogP contribution in [0.1, 0.15) is 73.4 Å². The molecular weight excluding hydrogens is 444 g/mol. The van der Waals surface area contributed by atoms with Gasteiger partial charge in [-0.05, 0) is 27.4 Å². The molecule has 0 aliphatic carbocycles. The molecular formula is C19H31SW-. The molecule has 0 aliphatic rings. The first-order valence-electron chi connectivity index (χ1n) is 7.53. The fourth-order valence-corrected chi connectivity index (χ4v) is 2.20. The van der Waals surface area contributed by atoms with Crippen molar-refractivity contribution in [2.75, 3.05) is 0 Å². The van der Waals surface area contributed by atoms with E-state index in [4.69, 9.17) is 12.6 Å². The first-order chi connectivity index (χ1) is 8.71. The SMILES string of the molecule is CC(C)(C)C(C)(C)c1ccc(C(C)(C)C(C)(C)[S-])cc1.[W]. The molecule has 0 saturated carbocycles. The maximum atomic E-state index is 5.67. The Morgan fingerprint density at radius 1 is 0.619 bits per heavy atom. The van der Waals surface area contributed by atoms with Crippen LogP contribution < -0.4 is 0 Å². The van der Waals surface area contributed by atoms with Crippen molar-refractivity contribution in [3.8, 4) is 0 Å². The summed E-state index contributed by atoms with van der Waals surface area (Å²) in [6, 6.07) is 9.08. The van der Waals surface area contributed by atoms with Gasteiger partial charge in [-0.15, -0.1) is 4.75 Å². The monoisotopic (exact) mass is 475 g/mol.